The van der Waals surface area contributed by atoms with Crippen molar-refractivity contribution in [2.24, 2.45) is 5.41 Å². The molecule has 0 saturated carbocycles. The van der Waals surface area contributed by atoms with E-state index in [1.807, 2.05) is 6.92 Å². The van der Waals surface area contributed by atoms with E-state index in [-0.39, 0.29) is 29.6 Å². The average molecular weight is 263 g/mol. The van der Waals surface area contributed by atoms with Gasteiger partial charge in [-0.05, 0) is 13.3 Å². The van der Waals surface area contributed by atoms with Gasteiger partial charge in [0.25, 0.3) is 0 Å². The van der Waals surface area contributed by atoms with Crippen LogP contribution in [-0.4, -0.2) is 68.9 Å². The average Bonchev–Trinajstić information content (AvgIpc) is 2.71. The summed E-state index contributed by atoms with van der Waals surface area (Å²) in [5.41, 5.74) is -0.185. The lowest BCUT2D eigenvalue weighted by molar-refractivity contribution is 0.0477. The van der Waals surface area contributed by atoms with E-state index in [1.165, 1.54) is 0 Å². The van der Waals surface area contributed by atoms with E-state index in [9.17, 15) is 13.5 Å². The van der Waals surface area contributed by atoms with Gasteiger partial charge in [0.05, 0.1) is 24.7 Å². The molecule has 0 aromatic carbocycles. The molecule has 1 N–H and O–H groups in total. The monoisotopic (exact) mass is 263 g/mol. The second kappa shape index (κ2) is 4.84. The van der Waals surface area contributed by atoms with Crippen LogP contribution < -0.4 is 0 Å². The molecule has 2 atom stereocenters. The van der Waals surface area contributed by atoms with Crippen LogP contribution >= 0.6 is 0 Å². The molecule has 5 nitrogen and oxygen atoms in total. The van der Waals surface area contributed by atoms with Crippen molar-refractivity contribution in [1.29, 1.82) is 0 Å². The highest BCUT2D eigenvalue weighted by atomic mass is 32.2. The van der Waals surface area contributed by atoms with Crippen LogP contribution in [-0.2, 0) is 14.6 Å². The van der Waals surface area contributed by atoms with Gasteiger partial charge >= 0.3 is 0 Å². The Bertz CT molecular complexity index is 362. The molecule has 0 amide bonds. The van der Waals surface area contributed by atoms with E-state index < -0.39 is 9.84 Å². The number of aliphatic hydroxyl groups excluding tert-OH is 1. The molecular weight excluding hydrogens is 242 g/mol. The molecule has 2 rings (SSSR count). The SMILES string of the molecule is CC1CS(=O)(=O)CCN1CC1(CO)CCOC1. The molecule has 0 aliphatic carbocycles. The molecule has 17 heavy (non-hydrogen) atoms. The third-order valence-electron chi connectivity index (χ3n) is 3.87. The Morgan fingerprint density at radius 1 is 1.53 bits per heavy atom. The lowest BCUT2D eigenvalue weighted by atomic mass is 9.87. The number of hydrogen-bond acceptors (Lipinski definition) is 5. The van der Waals surface area contributed by atoms with Crippen molar-refractivity contribution in [2.75, 3.05) is 44.4 Å². The summed E-state index contributed by atoms with van der Waals surface area (Å²) in [6, 6.07) is 0.0396. The van der Waals surface area contributed by atoms with Gasteiger partial charge in [0.1, 0.15) is 0 Å². The molecule has 0 radical (unpaired) electrons. The Morgan fingerprint density at radius 2 is 2.29 bits per heavy atom. The molecule has 2 fully saturated rings. The fraction of sp³-hybridized carbons (Fsp3) is 1.00. The first kappa shape index (κ1) is 13.3. The molecule has 2 heterocycles. The van der Waals surface area contributed by atoms with Crippen LogP contribution in [0.4, 0.5) is 0 Å². The van der Waals surface area contributed by atoms with Crippen molar-refractivity contribution >= 4 is 9.84 Å². The maximum atomic E-state index is 11.5. The zero-order valence-corrected chi connectivity index (χ0v) is 11.1. The van der Waals surface area contributed by atoms with Crippen LogP contribution in [0.25, 0.3) is 0 Å². The van der Waals surface area contributed by atoms with Gasteiger partial charge in [-0.1, -0.05) is 0 Å². The van der Waals surface area contributed by atoms with Crippen molar-refractivity contribution in [3.05, 3.63) is 0 Å². The minimum atomic E-state index is -2.86. The predicted molar refractivity (Wildman–Crippen MR) is 64.6 cm³/mol. The Morgan fingerprint density at radius 3 is 2.82 bits per heavy atom. The molecular formula is C11H21NO4S. The van der Waals surface area contributed by atoms with Crippen LogP contribution in [0.1, 0.15) is 13.3 Å². The normalized spacial score (nSPS) is 38.4. The van der Waals surface area contributed by atoms with Crippen LogP contribution in [0, 0.1) is 5.41 Å². The molecule has 2 unspecified atom stereocenters. The van der Waals surface area contributed by atoms with Crippen molar-refractivity contribution < 1.29 is 18.3 Å². The third kappa shape index (κ3) is 2.99. The van der Waals surface area contributed by atoms with Gasteiger partial charge < -0.3 is 9.84 Å². The number of rotatable bonds is 3. The first-order valence-electron chi connectivity index (χ1n) is 6.09. The summed E-state index contributed by atoms with van der Waals surface area (Å²) in [5, 5.41) is 9.51. The van der Waals surface area contributed by atoms with Gasteiger partial charge in [-0.2, -0.15) is 0 Å². The number of aliphatic hydroxyl groups is 1. The van der Waals surface area contributed by atoms with E-state index in [2.05, 4.69) is 4.90 Å². The largest absolute Gasteiger partial charge is 0.396 e. The summed E-state index contributed by atoms with van der Waals surface area (Å²) in [6.07, 6.45) is 0.861. The highest BCUT2D eigenvalue weighted by Gasteiger charge is 2.39. The van der Waals surface area contributed by atoms with Gasteiger partial charge in [-0.15, -0.1) is 0 Å². The lowest BCUT2D eigenvalue weighted by Gasteiger charge is -2.39. The summed E-state index contributed by atoms with van der Waals surface area (Å²) >= 11 is 0. The van der Waals surface area contributed by atoms with Gasteiger partial charge in [-0.3, -0.25) is 4.90 Å². The summed E-state index contributed by atoms with van der Waals surface area (Å²) < 4.78 is 28.3. The lowest BCUT2D eigenvalue weighted by Crippen LogP contribution is -2.52. The summed E-state index contributed by atoms with van der Waals surface area (Å²) in [6.45, 7) is 4.65. The van der Waals surface area contributed by atoms with Crippen LogP contribution in [0.3, 0.4) is 0 Å². The van der Waals surface area contributed by atoms with E-state index in [1.54, 1.807) is 0 Å². The summed E-state index contributed by atoms with van der Waals surface area (Å²) in [7, 11) is -2.86. The smallest absolute Gasteiger partial charge is 0.153 e. The quantitative estimate of drug-likeness (QED) is 0.744. The van der Waals surface area contributed by atoms with Gasteiger partial charge in [0.2, 0.25) is 0 Å². The molecule has 6 heteroatoms. The van der Waals surface area contributed by atoms with Gasteiger partial charge in [0.15, 0.2) is 9.84 Å². The van der Waals surface area contributed by atoms with Gasteiger partial charge in [-0.25, -0.2) is 8.42 Å². The highest BCUT2D eigenvalue weighted by Crippen LogP contribution is 2.30. The minimum Gasteiger partial charge on any atom is -0.396 e. The highest BCUT2D eigenvalue weighted by molar-refractivity contribution is 7.91. The van der Waals surface area contributed by atoms with Crippen LogP contribution in [0.2, 0.25) is 0 Å². The fourth-order valence-corrected chi connectivity index (χ4v) is 4.27. The number of ether oxygens (including phenoxy) is 1. The van der Waals surface area contributed by atoms with Crippen molar-refractivity contribution in [2.45, 2.75) is 19.4 Å². The van der Waals surface area contributed by atoms with Crippen LogP contribution in [0.15, 0.2) is 0 Å². The number of sulfone groups is 1. The van der Waals surface area contributed by atoms with E-state index >= 15 is 0 Å². The maximum Gasteiger partial charge on any atom is 0.153 e. The molecule has 0 aromatic heterocycles. The van der Waals surface area contributed by atoms with Crippen molar-refractivity contribution in [1.82, 2.24) is 4.90 Å². The minimum absolute atomic E-state index is 0.0396. The second-order valence-corrected chi connectivity index (χ2v) is 7.62. The van der Waals surface area contributed by atoms with E-state index in [4.69, 9.17) is 4.74 Å². The van der Waals surface area contributed by atoms with Gasteiger partial charge in [0, 0.05) is 31.2 Å². The zero-order valence-electron chi connectivity index (χ0n) is 10.3. The van der Waals surface area contributed by atoms with E-state index in [0.29, 0.717) is 19.8 Å². The summed E-state index contributed by atoms with van der Waals surface area (Å²) in [5.74, 6) is 0.467. The molecule has 2 aliphatic rings. The van der Waals surface area contributed by atoms with E-state index in [0.717, 1.165) is 13.0 Å². The Balaban J connectivity index is 1.99. The van der Waals surface area contributed by atoms with Crippen molar-refractivity contribution in [3.8, 4) is 0 Å². The second-order valence-electron chi connectivity index (χ2n) is 5.39. The molecule has 100 valence electrons. The zero-order chi connectivity index (χ0) is 12.5. The first-order chi connectivity index (χ1) is 7.96. The number of hydrogen-bond donors (Lipinski definition) is 1. The molecule has 0 bridgehead atoms. The summed E-state index contributed by atoms with van der Waals surface area (Å²) in [4.78, 5) is 2.17. The van der Waals surface area contributed by atoms with Crippen molar-refractivity contribution in [3.63, 3.8) is 0 Å². The molecule has 0 aromatic rings. The maximum absolute atomic E-state index is 11.5. The Labute approximate surface area is 103 Å². The Hall–Kier alpha value is -0.170. The van der Waals surface area contributed by atoms with Crippen LogP contribution in [0.5, 0.6) is 0 Å². The topological polar surface area (TPSA) is 66.8 Å². The first-order valence-corrected chi connectivity index (χ1v) is 7.92. The molecule has 2 aliphatic heterocycles. The predicted octanol–water partition coefficient (Wildman–Crippen LogP) is -0.496. The fourth-order valence-electron chi connectivity index (χ4n) is 2.65. The Kier molecular flexibility index (Phi) is 3.77. The third-order valence-corrected chi connectivity index (χ3v) is 5.66. The molecule has 0 spiro atoms. The standard InChI is InChI=1S/C11H21NO4S/c1-10-6-17(14,15)5-3-12(10)7-11(8-13)2-4-16-9-11/h10,13H,2-9H2,1H3. The molecule has 2 saturated heterocycles. The number of nitrogens with zero attached hydrogens (tertiary/aromatic N) is 1.